The molecule has 5 nitrogen and oxygen atoms in total. The van der Waals surface area contributed by atoms with Crippen LogP contribution in [0, 0.1) is 0 Å². The molecule has 1 aromatic carbocycles. The predicted octanol–water partition coefficient (Wildman–Crippen LogP) is 1.92. The van der Waals surface area contributed by atoms with E-state index in [1.807, 2.05) is 30.0 Å². The monoisotopic (exact) mass is 302 g/mol. The molecular formula is C17H22N2O3. The van der Waals surface area contributed by atoms with Gasteiger partial charge in [0.2, 0.25) is 0 Å². The van der Waals surface area contributed by atoms with Crippen molar-refractivity contribution in [3.8, 4) is 0 Å². The smallest absolute Gasteiger partial charge is 0.328 e. The number of anilines is 1. The van der Waals surface area contributed by atoms with Gasteiger partial charge in [0.05, 0.1) is 6.61 Å². The minimum Gasteiger partial charge on any atom is -0.464 e. The number of aliphatic hydroxyl groups is 1. The lowest BCUT2D eigenvalue weighted by Crippen LogP contribution is -2.44. The van der Waals surface area contributed by atoms with E-state index < -0.39 is 0 Å². The molecule has 0 spiro atoms. The third-order valence-electron chi connectivity index (χ3n) is 4.29. The van der Waals surface area contributed by atoms with Gasteiger partial charge in [-0.3, -0.25) is 0 Å². The van der Waals surface area contributed by atoms with Crippen LogP contribution in [-0.2, 0) is 16.0 Å². The number of ether oxygens (including phenoxy) is 1. The Hall–Kier alpha value is -2.01. The van der Waals surface area contributed by atoms with Crippen molar-refractivity contribution in [1.29, 1.82) is 0 Å². The van der Waals surface area contributed by atoms with Crippen molar-refractivity contribution in [1.82, 2.24) is 5.32 Å². The van der Waals surface area contributed by atoms with Gasteiger partial charge in [0.1, 0.15) is 18.6 Å². The van der Waals surface area contributed by atoms with E-state index in [1.54, 1.807) is 0 Å². The molecule has 5 heteroatoms. The van der Waals surface area contributed by atoms with Gasteiger partial charge in [0.25, 0.3) is 0 Å². The second-order valence-corrected chi connectivity index (χ2v) is 5.67. The lowest BCUT2D eigenvalue weighted by Gasteiger charge is -2.34. The fourth-order valence-electron chi connectivity index (χ4n) is 3.26. The molecule has 0 bridgehead atoms. The van der Waals surface area contributed by atoms with Crippen molar-refractivity contribution in [2.24, 2.45) is 0 Å². The van der Waals surface area contributed by atoms with E-state index in [9.17, 15) is 9.90 Å². The van der Waals surface area contributed by atoms with Crippen molar-refractivity contribution in [2.45, 2.75) is 38.6 Å². The molecular weight excluding hydrogens is 280 g/mol. The lowest BCUT2D eigenvalue weighted by atomic mass is 9.95. The van der Waals surface area contributed by atoms with Crippen molar-refractivity contribution >= 4 is 11.7 Å². The Morgan fingerprint density at radius 3 is 3.05 bits per heavy atom. The van der Waals surface area contributed by atoms with Crippen molar-refractivity contribution in [3.63, 3.8) is 0 Å². The molecule has 118 valence electrons. The molecule has 0 saturated carbocycles. The molecule has 0 saturated heterocycles. The van der Waals surface area contributed by atoms with E-state index >= 15 is 0 Å². The third kappa shape index (κ3) is 2.68. The Kier molecular flexibility index (Phi) is 4.34. The van der Waals surface area contributed by atoms with Gasteiger partial charge in [0, 0.05) is 5.69 Å². The van der Waals surface area contributed by atoms with Crippen LogP contribution in [-0.4, -0.2) is 30.5 Å². The fraction of sp³-hybridized carbons (Fsp3) is 0.471. The number of esters is 1. The maximum absolute atomic E-state index is 12.1. The number of carbonyl (C=O) groups is 1. The molecule has 0 aliphatic carbocycles. The van der Waals surface area contributed by atoms with Crippen LogP contribution < -0.4 is 10.2 Å². The molecule has 22 heavy (non-hydrogen) atoms. The number of hydrogen-bond acceptors (Lipinski definition) is 5. The highest BCUT2D eigenvalue weighted by Crippen LogP contribution is 2.35. The van der Waals surface area contributed by atoms with Crippen LogP contribution in [0.25, 0.3) is 0 Å². The number of allylic oxidation sites excluding steroid dienone is 1. The number of fused-ring (bicyclic) bond motifs is 1. The number of benzene rings is 1. The highest BCUT2D eigenvalue weighted by Gasteiger charge is 2.31. The van der Waals surface area contributed by atoms with Gasteiger partial charge in [-0.25, -0.2) is 4.79 Å². The zero-order valence-corrected chi connectivity index (χ0v) is 12.8. The first-order chi connectivity index (χ1) is 10.7. The Morgan fingerprint density at radius 2 is 2.27 bits per heavy atom. The molecule has 1 aromatic rings. The Labute approximate surface area is 130 Å². The van der Waals surface area contributed by atoms with Crippen molar-refractivity contribution < 1.29 is 14.6 Å². The van der Waals surface area contributed by atoms with Crippen LogP contribution in [0.5, 0.6) is 0 Å². The molecule has 2 N–H and O–H groups in total. The number of nitrogens with zero attached hydrogens (tertiary/aromatic N) is 1. The van der Waals surface area contributed by atoms with E-state index in [2.05, 4.69) is 11.4 Å². The largest absolute Gasteiger partial charge is 0.464 e. The zero-order valence-electron chi connectivity index (χ0n) is 12.8. The SMILES string of the molecule is CCOC(=O)C1CCCC2=C(N1)N(CO)c1ccccc1C2. The topological polar surface area (TPSA) is 61.8 Å². The molecule has 0 radical (unpaired) electrons. The molecule has 2 heterocycles. The third-order valence-corrected chi connectivity index (χ3v) is 4.29. The summed E-state index contributed by atoms with van der Waals surface area (Å²) in [6.07, 6.45) is 3.49. The summed E-state index contributed by atoms with van der Waals surface area (Å²) in [6.45, 7) is 2.09. The Balaban J connectivity index is 1.91. The minimum atomic E-state index is -0.341. The first-order valence-corrected chi connectivity index (χ1v) is 7.86. The highest BCUT2D eigenvalue weighted by molar-refractivity contribution is 5.76. The normalized spacial score (nSPS) is 20.6. The van der Waals surface area contributed by atoms with Crippen molar-refractivity contribution in [3.05, 3.63) is 41.2 Å². The van der Waals surface area contributed by atoms with Gasteiger partial charge in [-0.2, -0.15) is 0 Å². The molecule has 0 aromatic heterocycles. The Bertz CT molecular complexity index is 597. The van der Waals surface area contributed by atoms with E-state index in [0.29, 0.717) is 6.61 Å². The van der Waals surface area contributed by atoms with Crippen molar-refractivity contribution in [2.75, 3.05) is 18.2 Å². The van der Waals surface area contributed by atoms with Crippen LogP contribution in [0.15, 0.2) is 35.7 Å². The van der Waals surface area contributed by atoms with E-state index in [0.717, 1.165) is 37.2 Å². The van der Waals surface area contributed by atoms with Crippen LogP contribution >= 0.6 is 0 Å². The highest BCUT2D eigenvalue weighted by atomic mass is 16.5. The first-order valence-electron chi connectivity index (χ1n) is 7.86. The number of nitrogens with one attached hydrogen (secondary N) is 1. The lowest BCUT2D eigenvalue weighted by molar-refractivity contribution is -0.145. The molecule has 2 aliphatic heterocycles. The second kappa shape index (κ2) is 6.40. The maximum Gasteiger partial charge on any atom is 0.328 e. The molecule has 3 rings (SSSR count). The maximum atomic E-state index is 12.1. The van der Waals surface area contributed by atoms with E-state index in [-0.39, 0.29) is 18.7 Å². The van der Waals surface area contributed by atoms with Crippen LogP contribution in [0.1, 0.15) is 31.7 Å². The van der Waals surface area contributed by atoms with Crippen LogP contribution in [0.3, 0.4) is 0 Å². The van der Waals surface area contributed by atoms with Gasteiger partial charge in [0.15, 0.2) is 0 Å². The summed E-state index contributed by atoms with van der Waals surface area (Å²) in [7, 11) is 0. The van der Waals surface area contributed by atoms with Gasteiger partial charge < -0.3 is 20.1 Å². The number of para-hydroxylation sites is 1. The van der Waals surface area contributed by atoms with Gasteiger partial charge in [-0.1, -0.05) is 18.2 Å². The predicted molar refractivity (Wildman–Crippen MR) is 84.1 cm³/mol. The summed E-state index contributed by atoms with van der Waals surface area (Å²) in [5.41, 5.74) is 3.46. The molecule has 1 unspecified atom stereocenters. The number of aliphatic hydroxyl groups excluding tert-OH is 1. The molecule has 1 atom stereocenters. The second-order valence-electron chi connectivity index (χ2n) is 5.67. The van der Waals surface area contributed by atoms with Crippen LogP contribution in [0.4, 0.5) is 5.69 Å². The quantitative estimate of drug-likeness (QED) is 0.835. The first kappa shape index (κ1) is 14.9. The summed E-state index contributed by atoms with van der Waals surface area (Å²) < 4.78 is 5.15. The molecule has 0 amide bonds. The molecule has 2 aliphatic rings. The zero-order chi connectivity index (χ0) is 15.5. The number of carbonyl (C=O) groups excluding carboxylic acids is 1. The summed E-state index contributed by atoms with van der Waals surface area (Å²) in [5.74, 6) is 0.657. The summed E-state index contributed by atoms with van der Waals surface area (Å²) >= 11 is 0. The standard InChI is InChI=1S/C17H22N2O3/c1-2-22-17(21)14-8-5-7-13-10-12-6-3-4-9-15(12)19(11-20)16(13)18-14/h3-4,6,9,14,18,20H,2,5,7-8,10-11H2,1H3. The number of hydrogen-bond donors (Lipinski definition) is 2. The van der Waals surface area contributed by atoms with Gasteiger partial charge in [-0.15, -0.1) is 0 Å². The summed E-state index contributed by atoms with van der Waals surface area (Å²) in [4.78, 5) is 13.9. The minimum absolute atomic E-state index is 0.113. The summed E-state index contributed by atoms with van der Waals surface area (Å²) in [5, 5.41) is 13.1. The van der Waals surface area contributed by atoms with E-state index in [4.69, 9.17) is 4.74 Å². The number of rotatable bonds is 3. The van der Waals surface area contributed by atoms with Crippen LogP contribution in [0.2, 0.25) is 0 Å². The van der Waals surface area contributed by atoms with Gasteiger partial charge in [-0.05, 0) is 49.8 Å². The van der Waals surface area contributed by atoms with E-state index in [1.165, 1.54) is 11.1 Å². The molecule has 0 fully saturated rings. The fourth-order valence-corrected chi connectivity index (χ4v) is 3.26. The summed E-state index contributed by atoms with van der Waals surface area (Å²) in [6, 6.07) is 7.74. The average Bonchev–Trinajstić information content (AvgIpc) is 2.75. The Morgan fingerprint density at radius 1 is 1.45 bits per heavy atom. The average molecular weight is 302 g/mol. The van der Waals surface area contributed by atoms with Gasteiger partial charge >= 0.3 is 5.97 Å².